The van der Waals surface area contributed by atoms with Crippen LogP contribution in [0.2, 0.25) is 0 Å². The van der Waals surface area contributed by atoms with Gasteiger partial charge in [-0.15, -0.1) is 0 Å². The quantitative estimate of drug-likeness (QED) is 0.294. The molecule has 156 valence electrons. The summed E-state index contributed by atoms with van der Waals surface area (Å²) in [5.74, 6) is -1.02. The number of nitriles is 1. The number of aromatic nitrogens is 1. The summed E-state index contributed by atoms with van der Waals surface area (Å²) in [6.45, 7) is 1.76. The van der Waals surface area contributed by atoms with Crippen molar-refractivity contribution in [3.8, 4) is 34.2 Å². The Hall–Kier alpha value is -3.63. The average Bonchev–Trinajstić information content (AvgIpc) is 2.82. The molecule has 7 heteroatoms. The van der Waals surface area contributed by atoms with Crippen molar-refractivity contribution in [3.63, 3.8) is 0 Å². The van der Waals surface area contributed by atoms with Crippen molar-refractivity contribution in [1.29, 1.82) is 5.26 Å². The van der Waals surface area contributed by atoms with Crippen molar-refractivity contribution in [2.45, 2.75) is 11.9 Å². The Labute approximate surface area is 184 Å². The molecular weight excluding hydrogens is 412 g/mol. The zero-order valence-electron chi connectivity index (χ0n) is 17.1. The van der Waals surface area contributed by atoms with E-state index in [0.29, 0.717) is 27.6 Å². The van der Waals surface area contributed by atoms with E-state index < -0.39 is 11.8 Å². The number of ketones is 1. The van der Waals surface area contributed by atoms with Crippen LogP contribution >= 0.6 is 11.8 Å². The number of carbonyl (C=O) groups excluding carboxylic acids is 2. The van der Waals surface area contributed by atoms with Gasteiger partial charge in [-0.2, -0.15) is 5.26 Å². The lowest BCUT2D eigenvalue weighted by Crippen LogP contribution is -2.19. The standard InChI is InChI=1S/C24H20N2O4S/c1-3-30-24(28)22(27)15-31-23-20(14-25)19(16-9-11-18(29-2)12-10-16)13-21(26-23)17-7-5-4-6-8-17/h4-13H,3,15H2,1-2H3. The molecule has 0 atom stereocenters. The highest BCUT2D eigenvalue weighted by Gasteiger charge is 2.20. The van der Waals surface area contributed by atoms with Crippen LogP contribution in [0.3, 0.4) is 0 Å². The first-order valence-electron chi connectivity index (χ1n) is 9.55. The molecule has 0 saturated carbocycles. The number of benzene rings is 2. The highest BCUT2D eigenvalue weighted by Crippen LogP contribution is 2.34. The fourth-order valence-electron chi connectivity index (χ4n) is 2.89. The van der Waals surface area contributed by atoms with Crippen LogP contribution in [-0.2, 0) is 14.3 Å². The maximum atomic E-state index is 12.1. The van der Waals surface area contributed by atoms with E-state index in [-0.39, 0.29) is 12.4 Å². The van der Waals surface area contributed by atoms with Gasteiger partial charge in [0.05, 0.1) is 30.7 Å². The van der Waals surface area contributed by atoms with Crippen molar-refractivity contribution in [2.24, 2.45) is 0 Å². The average molecular weight is 433 g/mol. The van der Waals surface area contributed by atoms with E-state index >= 15 is 0 Å². The maximum Gasteiger partial charge on any atom is 0.375 e. The SMILES string of the molecule is CCOC(=O)C(=O)CSc1nc(-c2ccccc2)cc(-c2ccc(OC)cc2)c1C#N. The van der Waals surface area contributed by atoms with E-state index in [4.69, 9.17) is 9.47 Å². The van der Waals surface area contributed by atoms with Gasteiger partial charge in [-0.05, 0) is 30.7 Å². The van der Waals surface area contributed by atoms with Crippen LogP contribution in [0.4, 0.5) is 0 Å². The lowest BCUT2D eigenvalue weighted by atomic mass is 9.99. The molecule has 0 N–H and O–H groups in total. The Morgan fingerprint density at radius 1 is 1.06 bits per heavy atom. The van der Waals surface area contributed by atoms with Crippen LogP contribution in [0.1, 0.15) is 12.5 Å². The molecule has 0 bridgehead atoms. The predicted molar refractivity (Wildman–Crippen MR) is 119 cm³/mol. The summed E-state index contributed by atoms with van der Waals surface area (Å²) in [6, 6.07) is 21.0. The predicted octanol–water partition coefficient (Wildman–Crippen LogP) is 4.52. The smallest absolute Gasteiger partial charge is 0.375 e. The van der Waals surface area contributed by atoms with Gasteiger partial charge in [-0.3, -0.25) is 4.79 Å². The van der Waals surface area contributed by atoms with E-state index in [0.717, 1.165) is 22.9 Å². The van der Waals surface area contributed by atoms with Gasteiger partial charge < -0.3 is 9.47 Å². The minimum atomic E-state index is -0.886. The number of Topliss-reactive ketones (excluding diaryl/α,β-unsaturated/α-hetero) is 1. The molecule has 31 heavy (non-hydrogen) atoms. The number of hydrogen-bond donors (Lipinski definition) is 0. The van der Waals surface area contributed by atoms with Gasteiger partial charge in [-0.1, -0.05) is 54.2 Å². The molecule has 0 unspecified atom stereocenters. The Morgan fingerprint density at radius 2 is 1.77 bits per heavy atom. The highest BCUT2D eigenvalue weighted by atomic mass is 32.2. The van der Waals surface area contributed by atoms with Crippen molar-refractivity contribution < 1.29 is 19.1 Å². The first-order valence-corrected chi connectivity index (χ1v) is 10.5. The molecule has 2 aromatic carbocycles. The topological polar surface area (TPSA) is 89.3 Å². The molecular formula is C24H20N2O4S. The van der Waals surface area contributed by atoms with Gasteiger partial charge >= 0.3 is 5.97 Å². The Balaban J connectivity index is 2.06. The van der Waals surface area contributed by atoms with E-state index in [1.807, 2.05) is 60.7 Å². The van der Waals surface area contributed by atoms with Gasteiger partial charge in [0.1, 0.15) is 16.8 Å². The van der Waals surface area contributed by atoms with Crippen LogP contribution in [-0.4, -0.2) is 36.2 Å². The van der Waals surface area contributed by atoms with Gasteiger partial charge in [0.15, 0.2) is 0 Å². The van der Waals surface area contributed by atoms with Crippen LogP contribution in [0, 0.1) is 11.3 Å². The summed E-state index contributed by atoms with van der Waals surface area (Å²) in [5, 5.41) is 10.3. The number of carbonyl (C=O) groups is 2. The molecule has 0 amide bonds. The first-order chi connectivity index (χ1) is 15.1. The largest absolute Gasteiger partial charge is 0.497 e. The van der Waals surface area contributed by atoms with Gasteiger partial charge in [0.25, 0.3) is 0 Å². The van der Waals surface area contributed by atoms with Gasteiger partial charge in [0.2, 0.25) is 5.78 Å². The number of thioether (sulfide) groups is 1. The van der Waals surface area contributed by atoms with Crippen LogP contribution in [0.15, 0.2) is 65.7 Å². The summed E-state index contributed by atoms with van der Waals surface area (Å²) >= 11 is 1.05. The normalized spacial score (nSPS) is 10.2. The number of hydrogen-bond acceptors (Lipinski definition) is 7. The van der Waals surface area contributed by atoms with Gasteiger partial charge in [-0.25, -0.2) is 9.78 Å². The zero-order valence-corrected chi connectivity index (χ0v) is 17.9. The van der Waals surface area contributed by atoms with E-state index in [2.05, 4.69) is 11.1 Å². The number of pyridine rings is 1. The summed E-state index contributed by atoms with van der Waals surface area (Å²) in [7, 11) is 1.59. The molecule has 0 fully saturated rings. The molecule has 0 aliphatic heterocycles. The fourth-order valence-corrected chi connectivity index (χ4v) is 3.74. The number of nitrogens with zero attached hydrogens (tertiary/aromatic N) is 2. The number of ether oxygens (including phenoxy) is 2. The third-order valence-electron chi connectivity index (χ3n) is 4.41. The van der Waals surface area contributed by atoms with Crippen LogP contribution in [0.25, 0.3) is 22.4 Å². The second-order valence-electron chi connectivity index (χ2n) is 6.37. The summed E-state index contributed by atoms with van der Waals surface area (Å²) < 4.78 is 9.98. The van der Waals surface area contributed by atoms with Crippen molar-refractivity contribution in [1.82, 2.24) is 4.98 Å². The maximum absolute atomic E-state index is 12.1. The zero-order chi connectivity index (χ0) is 22.2. The Morgan fingerprint density at radius 3 is 2.39 bits per heavy atom. The Bertz CT molecular complexity index is 1120. The number of rotatable bonds is 8. The van der Waals surface area contributed by atoms with E-state index in [9.17, 15) is 14.9 Å². The van der Waals surface area contributed by atoms with Gasteiger partial charge in [0, 0.05) is 11.1 Å². The molecule has 0 aliphatic carbocycles. The van der Waals surface area contributed by atoms with E-state index in [1.165, 1.54) is 0 Å². The molecule has 0 saturated heterocycles. The van der Waals surface area contributed by atoms with Crippen LogP contribution < -0.4 is 4.74 Å². The third-order valence-corrected chi connectivity index (χ3v) is 5.39. The fraction of sp³-hybridized carbons (Fsp3) is 0.167. The van der Waals surface area contributed by atoms with Crippen molar-refractivity contribution in [2.75, 3.05) is 19.5 Å². The second kappa shape index (κ2) is 10.4. The molecule has 6 nitrogen and oxygen atoms in total. The monoisotopic (exact) mass is 432 g/mol. The summed E-state index contributed by atoms with van der Waals surface area (Å²) in [5.41, 5.74) is 3.38. The minimum absolute atomic E-state index is 0.127. The Kier molecular flexibility index (Phi) is 7.41. The molecule has 0 aliphatic rings. The molecule has 3 aromatic rings. The van der Waals surface area contributed by atoms with Crippen molar-refractivity contribution in [3.05, 3.63) is 66.2 Å². The van der Waals surface area contributed by atoms with Crippen molar-refractivity contribution >= 4 is 23.5 Å². The molecule has 3 rings (SSSR count). The summed E-state index contributed by atoms with van der Waals surface area (Å²) in [6.07, 6.45) is 0. The second-order valence-corrected chi connectivity index (χ2v) is 7.34. The lowest BCUT2D eigenvalue weighted by molar-refractivity contribution is -0.152. The molecule has 1 aromatic heterocycles. The summed E-state index contributed by atoms with van der Waals surface area (Å²) in [4.78, 5) is 28.4. The number of esters is 1. The van der Waals surface area contributed by atoms with Crippen LogP contribution in [0.5, 0.6) is 5.75 Å². The molecule has 0 spiro atoms. The number of methoxy groups -OCH3 is 1. The first kappa shape index (κ1) is 22.1. The molecule has 1 heterocycles. The molecule has 0 radical (unpaired) electrons. The lowest BCUT2D eigenvalue weighted by Gasteiger charge is -2.13. The third kappa shape index (κ3) is 5.30. The highest BCUT2D eigenvalue weighted by molar-refractivity contribution is 8.00. The minimum Gasteiger partial charge on any atom is -0.497 e. The van der Waals surface area contributed by atoms with E-state index in [1.54, 1.807) is 14.0 Å².